The third-order valence-electron chi connectivity index (χ3n) is 9.45. The molecule has 16 heteroatoms. The summed E-state index contributed by atoms with van der Waals surface area (Å²) in [5.74, 6) is 4.05. The Labute approximate surface area is 315 Å². The SMILES string of the molecule is COC(=O)C(CCC(N)=O)NC(=O)c1ccc(NCC#Cc2sc3c(NC4CCC(N5CCOCC5)CC4)cccc3c2CC(F)(F)F)c(OCCO)c1. The first-order valence-corrected chi connectivity index (χ1v) is 18.7. The lowest BCUT2D eigenvalue weighted by Crippen LogP contribution is -2.46. The number of aliphatic hydroxyl groups excluding tert-OH is 1. The first kappa shape index (κ1) is 40.6. The highest BCUT2D eigenvalue weighted by Gasteiger charge is 2.32. The summed E-state index contributed by atoms with van der Waals surface area (Å²) in [5, 5.41) is 19.1. The molecule has 1 saturated heterocycles. The molecule has 292 valence electrons. The lowest BCUT2D eigenvalue weighted by Gasteiger charge is -2.39. The summed E-state index contributed by atoms with van der Waals surface area (Å²) >= 11 is 1.24. The quantitative estimate of drug-likeness (QED) is 0.110. The molecule has 1 aliphatic carbocycles. The summed E-state index contributed by atoms with van der Waals surface area (Å²) in [6.07, 6.45) is -1.70. The van der Waals surface area contributed by atoms with E-state index in [-0.39, 0.29) is 55.5 Å². The molecule has 2 fully saturated rings. The minimum atomic E-state index is -4.43. The fraction of sp³-hybridized carbons (Fsp3) is 0.500. The monoisotopic (exact) mass is 773 g/mol. The third kappa shape index (κ3) is 11.2. The number of anilines is 2. The van der Waals surface area contributed by atoms with Crippen LogP contribution in [0.15, 0.2) is 36.4 Å². The van der Waals surface area contributed by atoms with Crippen molar-refractivity contribution >= 4 is 50.6 Å². The van der Waals surface area contributed by atoms with Crippen LogP contribution in [-0.2, 0) is 25.5 Å². The standard InChI is InChI=1S/C38H46F3N5O7S/c1-51-37(50)31(13-14-34(42)48)45-36(49)24-7-12-29(32(22-24)53-21-18-47)43-15-3-6-33-28(23-38(39,40)41)27-4-2-5-30(35(27)54-33)44-25-8-10-26(11-9-25)46-16-19-52-20-17-46/h2,4-5,7,12,22,25-26,31,43-44,47H,8-11,13-21,23H2,1H3,(H2,42,48)(H,45,49). The number of rotatable bonds is 15. The van der Waals surface area contributed by atoms with Crippen LogP contribution in [0.5, 0.6) is 5.75 Å². The van der Waals surface area contributed by atoms with Gasteiger partial charge in [0.2, 0.25) is 5.91 Å². The van der Waals surface area contributed by atoms with E-state index >= 15 is 0 Å². The number of amides is 2. The van der Waals surface area contributed by atoms with Crippen LogP contribution in [0, 0.1) is 11.8 Å². The maximum atomic E-state index is 13.8. The van der Waals surface area contributed by atoms with Crippen LogP contribution in [0.4, 0.5) is 24.5 Å². The molecule has 1 aliphatic heterocycles. The molecule has 6 N–H and O–H groups in total. The number of halogens is 3. The van der Waals surface area contributed by atoms with Gasteiger partial charge in [0, 0.05) is 37.2 Å². The molecule has 2 amide bonds. The number of ether oxygens (including phenoxy) is 3. The number of aliphatic hydroxyl groups is 1. The Hall–Kier alpha value is -4.56. The lowest BCUT2D eigenvalue weighted by molar-refractivity contribution is -0.143. The molecule has 0 spiro atoms. The predicted octanol–water partition coefficient (Wildman–Crippen LogP) is 4.43. The first-order valence-electron chi connectivity index (χ1n) is 17.9. The second-order valence-electron chi connectivity index (χ2n) is 13.2. The van der Waals surface area contributed by atoms with E-state index in [1.165, 1.54) is 23.5 Å². The highest BCUT2D eigenvalue weighted by atomic mass is 32.1. The normalized spacial score (nSPS) is 18.2. The number of primary amides is 1. The minimum absolute atomic E-state index is 0.0236. The van der Waals surface area contributed by atoms with E-state index in [0.29, 0.717) is 22.0 Å². The van der Waals surface area contributed by atoms with Crippen LogP contribution in [-0.4, -0.2) is 105 Å². The van der Waals surface area contributed by atoms with Gasteiger partial charge in [0.25, 0.3) is 5.91 Å². The van der Waals surface area contributed by atoms with E-state index < -0.39 is 36.4 Å². The molecule has 0 bridgehead atoms. The molecule has 12 nitrogen and oxygen atoms in total. The van der Waals surface area contributed by atoms with E-state index in [4.69, 9.17) is 19.9 Å². The number of esters is 1. The van der Waals surface area contributed by atoms with Gasteiger partial charge in [-0.3, -0.25) is 14.5 Å². The van der Waals surface area contributed by atoms with Crippen molar-refractivity contribution in [3.63, 3.8) is 0 Å². The fourth-order valence-electron chi connectivity index (χ4n) is 6.78. The molecule has 1 saturated carbocycles. The second-order valence-corrected chi connectivity index (χ2v) is 14.2. The van der Waals surface area contributed by atoms with Crippen molar-refractivity contribution in [2.24, 2.45) is 5.73 Å². The number of hydrogen-bond acceptors (Lipinski definition) is 11. The van der Waals surface area contributed by atoms with Gasteiger partial charge < -0.3 is 41.0 Å². The molecule has 3 aromatic rings. The van der Waals surface area contributed by atoms with Crippen LogP contribution in [0.3, 0.4) is 0 Å². The molecule has 1 atom stereocenters. The summed E-state index contributed by atoms with van der Waals surface area (Å²) in [5.41, 5.74) is 6.66. The van der Waals surface area contributed by atoms with Crippen LogP contribution in [0.2, 0.25) is 0 Å². The second kappa shape index (κ2) is 19.2. The molecule has 2 aliphatic rings. The number of benzene rings is 2. The maximum absolute atomic E-state index is 13.8. The number of thiophene rings is 1. The smallest absolute Gasteiger partial charge is 0.393 e. The highest BCUT2D eigenvalue weighted by molar-refractivity contribution is 7.20. The molecule has 1 aromatic heterocycles. The molecular weight excluding hydrogens is 728 g/mol. The average molecular weight is 774 g/mol. The summed E-state index contributed by atoms with van der Waals surface area (Å²) in [7, 11) is 1.15. The van der Waals surface area contributed by atoms with Gasteiger partial charge in [0.1, 0.15) is 18.4 Å². The molecule has 2 heterocycles. The van der Waals surface area contributed by atoms with Gasteiger partial charge in [0.15, 0.2) is 0 Å². The number of carbonyl (C=O) groups is 3. The Kier molecular flexibility index (Phi) is 14.4. The average Bonchev–Trinajstić information content (AvgIpc) is 3.50. The summed E-state index contributed by atoms with van der Waals surface area (Å²) < 4.78 is 58.1. The third-order valence-corrected chi connectivity index (χ3v) is 10.6. The first-order chi connectivity index (χ1) is 26.0. The number of nitrogens with two attached hydrogens (primary N) is 1. The number of alkyl halides is 3. The van der Waals surface area contributed by atoms with Crippen molar-refractivity contribution in [1.29, 1.82) is 0 Å². The molecular formula is C38H46F3N5O7S. The zero-order valence-corrected chi connectivity index (χ0v) is 30.9. The Morgan fingerprint density at radius 1 is 1.11 bits per heavy atom. The number of morpholine rings is 1. The molecule has 2 aromatic carbocycles. The van der Waals surface area contributed by atoms with Gasteiger partial charge in [0.05, 0.1) is 60.8 Å². The van der Waals surface area contributed by atoms with Gasteiger partial charge >= 0.3 is 12.1 Å². The summed E-state index contributed by atoms with van der Waals surface area (Å²) in [4.78, 5) is 39.3. The minimum Gasteiger partial charge on any atom is -0.489 e. The van der Waals surface area contributed by atoms with Crippen molar-refractivity contribution in [2.45, 2.75) is 69.2 Å². The van der Waals surface area contributed by atoms with Crippen LogP contribution in [0.1, 0.15) is 59.3 Å². The van der Waals surface area contributed by atoms with Crippen molar-refractivity contribution < 1.29 is 46.9 Å². The highest BCUT2D eigenvalue weighted by Crippen LogP contribution is 2.40. The van der Waals surface area contributed by atoms with E-state index in [9.17, 15) is 32.7 Å². The van der Waals surface area contributed by atoms with Crippen molar-refractivity contribution in [3.8, 4) is 17.6 Å². The van der Waals surface area contributed by atoms with Crippen molar-refractivity contribution in [1.82, 2.24) is 10.2 Å². The Morgan fingerprint density at radius 3 is 2.56 bits per heavy atom. The zero-order valence-electron chi connectivity index (χ0n) is 30.1. The molecule has 54 heavy (non-hydrogen) atoms. The largest absolute Gasteiger partial charge is 0.489 e. The van der Waals surface area contributed by atoms with Crippen LogP contribution >= 0.6 is 11.3 Å². The Balaban J connectivity index is 1.30. The maximum Gasteiger partial charge on any atom is 0.393 e. The van der Waals surface area contributed by atoms with Crippen molar-refractivity contribution in [2.75, 3.05) is 63.8 Å². The predicted molar refractivity (Wildman–Crippen MR) is 200 cm³/mol. The van der Waals surface area contributed by atoms with Crippen molar-refractivity contribution in [3.05, 3.63) is 52.4 Å². The van der Waals surface area contributed by atoms with Gasteiger partial charge in [-0.2, -0.15) is 13.2 Å². The number of methoxy groups -OCH3 is 1. The summed E-state index contributed by atoms with van der Waals surface area (Å²) in [6, 6.07) is 9.45. The van der Waals surface area contributed by atoms with Gasteiger partial charge in [-0.15, -0.1) is 11.3 Å². The Morgan fingerprint density at radius 2 is 1.87 bits per heavy atom. The molecule has 5 rings (SSSR count). The van der Waals surface area contributed by atoms with Gasteiger partial charge in [-0.05, 0) is 67.3 Å². The summed E-state index contributed by atoms with van der Waals surface area (Å²) in [6.45, 7) is 3.04. The number of nitrogens with zero attached hydrogens (tertiary/aromatic N) is 1. The number of fused-ring (bicyclic) bond motifs is 1. The van der Waals surface area contributed by atoms with Crippen LogP contribution in [0.25, 0.3) is 10.1 Å². The van der Waals surface area contributed by atoms with E-state index in [1.54, 1.807) is 18.2 Å². The van der Waals surface area contributed by atoms with Gasteiger partial charge in [-0.25, -0.2) is 4.79 Å². The molecule has 0 radical (unpaired) electrons. The fourth-order valence-corrected chi connectivity index (χ4v) is 7.95. The van der Waals surface area contributed by atoms with E-state index in [0.717, 1.165) is 69.5 Å². The van der Waals surface area contributed by atoms with E-state index in [2.05, 4.69) is 32.7 Å². The van der Waals surface area contributed by atoms with Gasteiger partial charge in [-0.1, -0.05) is 24.0 Å². The lowest BCUT2D eigenvalue weighted by atomic mass is 9.89. The number of nitrogens with one attached hydrogen (secondary N) is 3. The Bertz CT molecular complexity index is 1830. The zero-order chi connectivity index (χ0) is 38.7. The number of carbonyl (C=O) groups excluding carboxylic acids is 3. The number of hydrogen-bond donors (Lipinski definition) is 5. The van der Waals surface area contributed by atoms with Crippen LogP contribution < -0.4 is 26.4 Å². The topological polar surface area (TPSA) is 164 Å². The molecule has 1 unspecified atom stereocenters. The van der Waals surface area contributed by atoms with E-state index in [1.807, 2.05) is 6.07 Å².